The number of aromatic nitrogens is 3. The van der Waals surface area contributed by atoms with E-state index in [0.717, 1.165) is 35.7 Å². The monoisotopic (exact) mass is 462 g/mol. The van der Waals surface area contributed by atoms with Crippen LogP contribution in [-0.4, -0.2) is 52.8 Å². The number of nitrogens with zero attached hydrogens (tertiary/aromatic N) is 5. The number of alkyl halides is 3. The van der Waals surface area contributed by atoms with Crippen LogP contribution in [0.25, 0.3) is 10.8 Å². The number of likely N-dealkylation sites (N-methyl/N-ethyl adjacent to an activating group) is 1. The first-order valence-electron chi connectivity index (χ1n) is 10.6. The van der Waals surface area contributed by atoms with Gasteiger partial charge in [-0.25, -0.2) is 9.37 Å². The fourth-order valence-corrected chi connectivity index (χ4v) is 4.05. The van der Waals surface area contributed by atoms with Gasteiger partial charge in [-0.2, -0.15) is 18.3 Å². The molecule has 3 aromatic rings. The standard InChI is InChI=1S/C23H26F4N6/c1-13(15-7-6-8-18(20(15)24)23(25,26)27)29-21-16-9-19(28-10-17(16)14(2)30-31-21)33-11-22(3,12-33)32(4)5/h6-10,13H,11-12H2,1-5H3,(H,29,31)/t13-/m1/s1. The third-order valence-corrected chi connectivity index (χ3v) is 6.45. The Morgan fingerprint density at radius 3 is 2.48 bits per heavy atom. The van der Waals surface area contributed by atoms with Crippen LogP contribution in [0.15, 0.2) is 30.5 Å². The minimum atomic E-state index is -4.77. The van der Waals surface area contributed by atoms with Gasteiger partial charge in [0, 0.05) is 35.6 Å². The molecule has 0 aliphatic carbocycles. The van der Waals surface area contributed by atoms with Gasteiger partial charge < -0.3 is 15.1 Å². The van der Waals surface area contributed by atoms with Gasteiger partial charge in [-0.1, -0.05) is 12.1 Å². The molecule has 0 bridgehead atoms. The Labute approximate surface area is 189 Å². The van der Waals surface area contributed by atoms with Gasteiger partial charge in [0.15, 0.2) is 5.82 Å². The average Bonchev–Trinajstić information content (AvgIpc) is 2.72. The van der Waals surface area contributed by atoms with Crippen LogP contribution in [0.5, 0.6) is 0 Å². The Bertz CT molecular complexity index is 1190. The molecule has 0 spiro atoms. The van der Waals surface area contributed by atoms with Gasteiger partial charge in [-0.15, -0.1) is 5.10 Å². The van der Waals surface area contributed by atoms with Crippen molar-refractivity contribution in [3.63, 3.8) is 0 Å². The molecule has 3 heterocycles. The number of benzene rings is 1. The molecule has 0 radical (unpaired) electrons. The van der Waals surface area contributed by atoms with Gasteiger partial charge >= 0.3 is 6.18 Å². The largest absolute Gasteiger partial charge is 0.419 e. The Hall–Kier alpha value is -3.01. The van der Waals surface area contributed by atoms with Gasteiger partial charge in [-0.05, 0) is 47.0 Å². The summed E-state index contributed by atoms with van der Waals surface area (Å²) >= 11 is 0. The molecule has 2 aromatic heterocycles. The molecular formula is C23H26F4N6. The number of anilines is 2. The molecule has 1 aliphatic rings. The summed E-state index contributed by atoms with van der Waals surface area (Å²) in [7, 11) is 4.08. The van der Waals surface area contributed by atoms with E-state index in [1.165, 1.54) is 12.1 Å². The van der Waals surface area contributed by atoms with E-state index in [2.05, 4.69) is 37.2 Å². The maximum Gasteiger partial charge on any atom is 0.419 e. The number of pyridine rings is 1. The predicted octanol–water partition coefficient (Wildman–Crippen LogP) is 4.80. The Kier molecular flexibility index (Phi) is 5.68. The summed E-state index contributed by atoms with van der Waals surface area (Å²) < 4.78 is 54.1. The van der Waals surface area contributed by atoms with Crippen molar-refractivity contribution >= 4 is 22.4 Å². The first kappa shape index (κ1) is 23.2. The zero-order valence-corrected chi connectivity index (χ0v) is 19.1. The number of rotatable bonds is 5. The topological polar surface area (TPSA) is 57.2 Å². The summed E-state index contributed by atoms with van der Waals surface area (Å²) in [6.45, 7) is 7.20. The quantitative estimate of drug-likeness (QED) is 0.550. The first-order valence-corrected chi connectivity index (χ1v) is 10.6. The number of hydrogen-bond acceptors (Lipinski definition) is 6. The molecule has 1 saturated heterocycles. The minimum Gasteiger partial charge on any atom is -0.361 e. The minimum absolute atomic E-state index is 0.0552. The van der Waals surface area contributed by atoms with Gasteiger partial charge in [0.1, 0.15) is 11.6 Å². The van der Waals surface area contributed by atoms with Gasteiger partial charge in [0.2, 0.25) is 0 Å². The van der Waals surface area contributed by atoms with E-state index in [1.807, 2.05) is 27.1 Å². The summed E-state index contributed by atoms with van der Waals surface area (Å²) in [5.74, 6) is -0.157. The molecule has 0 unspecified atom stereocenters. The van der Waals surface area contributed by atoms with Crippen molar-refractivity contribution in [1.82, 2.24) is 20.1 Å². The highest BCUT2D eigenvalue weighted by Crippen LogP contribution is 2.36. The highest BCUT2D eigenvalue weighted by molar-refractivity contribution is 5.94. The molecule has 1 aromatic carbocycles. The normalized spacial score (nSPS) is 16.7. The van der Waals surface area contributed by atoms with E-state index >= 15 is 0 Å². The summed E-state index contributed by atoms with van der Waals surface area (Å²) in [6, 6.07) is 4.39. The third kappa shape index (κ3) is 4.19. The maximum absolute atomic E-state index is 14.6. The van der Waals surface area contributed by atoms with Crippen LogP contribution in [0.2, 0.25) is 0 Å². The lowest BCUT2D eigenvalue weighted by molar-refractivity contribution is -0.140. The zero-order chi connectivity index (χ0) is 24.1. The lowest BCUT2D eigenvalue weighted by Crippen LogP contribution is -2.67. The van der Waals surface area contributed by atoms with Crippen LogP contribution >= 0.6 is 0 Å². The predicted molar refractivity (Wildman–Crippen MR) is 120 cm³/mol. The molecule has 0 saturated carbocycles. The Morgan fingerprint density at radius 1 is 1.15 bits per heavy atom. The van der Waals surface area contributed by atoms with Crippen molar-refractivity contribution in [3.05, 3.63) is 53.1 Å². The molecule has 1 aliphatic heterocycles. The second kappa shape index (κ2) is 8.09. The lowest BCUT2D eigenvalue weighted by Gasteiger charge is -2.52. The zero-order valence-electron chi connectivity index (χ0n) is 19.1. The number of hydrogen-bond donors (Lipinski definition) is 1. The molecule has 0 amide bonds. The van der Waals surface area contributed by atoms with E-state index < -0.39 is 23.6 Å². The molecular weight excluding hydrogens is 436 g/mol. The fraction of sp³-hybridized carbons (Fsp3) is 0.435. The van der Waals surface area contributed by atoms with Crippen LogP contribution in [0.3, 0.4) is 0 Å². The Morgan fingerprint density at radius 2 is 1.85 bits per heavy atom. The number of halogens is 4. The van der Waals surface area contributed by atoms with Crippen molar-refractivity contribution in [2.24, 2.45) is 0 Å². The summed E-state index contributed by atoms with van der Waals surface area (Å²) in [4.78, 5) is 8.90. The smallest absolute Gasteiger partial charge is 0.361 e. The SMILES string of the molecule is Cc1nnc(N[C@H](C)c2cccc(C(F)(F)F)c2F)c2cc(N3CC(C)(N(C)C)C3)ncc12. The van der Waals surface area contributed by atoms with Gasteiger partial charge in [0.05, 0.1) is 22.8 Å². The summed E-state index contributed by atoms with van der Waals surface area (Å²) in [5.41, 5.74) is -0.658. The van der Waals surface area contributed by atoms with E-state index in [4.69, 9.17) is 0 Å². The average molecular weight is 462 g/mol. The van der Waals surface area contributed by atoms with Crippen LogP contribution in [-0.2, 0) is 6.18 Å². The lowest BCUT2D eigenvalue weighted by atomic mass is 9.91. The summed E-state index contributed by atoms with van der Waals surface area (Å²) in [5, 5.41) is 12.9. The molecule has 176 valence electrons. The van der Waals surface area contributed by atoms with Crippen molar-refractivity contribution in [1.29, 1.82) is 0 Å². The van der Waals surface area contributed by atoms with Crippen LogP contribution in [0, 0.1) is 12.7 Å². The van der Waals surface area contributed by atoms with Crippen LogP contribution < -0.4 is 10.2 Å². The van der Waals surface area contributed by atoms with Gasteiger partial charge in [0.25, 0.3) is 0 Å². The fourth-order valence-electron chi connectivity index (χ4n) is 4.05. The Balaban J connectivity index is 1.67. The summed E-state index contributed by atoms with van der Waals surface area (Å²) in [6.07, 6.45) is -3.05. The van der Waals surface area contributed by atoms with Crippen LogP contribution in [0.4, 0.5) is 29.2 Å². The number of nitrogens with one attached hydrogen (secondary N) is 1. The van der Waals surface area contributed by atoms with E-state index in [9.17, 15) is 17.6 Å². The first-order chi connectivity index (χ1) is 15.4. The van der Waals surface area contributed by atoms with E-state index in [1.54, 1.807) is 13.1 Å². The molecule has 6 nitrogen and oxygen atoms in total. The third-order valence-electron chi connectivity index (χ3n) is 6.45. The highest BCUT2D eigenvalue weighted by atomic mass is 19.4. The van der Waals surface area contributed by atoms with Crippen molar-refractivity contribution in [2.75, 3.05) is 37.4 Å². The highest BCUT2D eigenvalue weighted by Gasteiger charge is 2.41. The van der Waals surface area contributed by atoms with Crippen molar-refractivity contribution in [3.8, 4) is 0 Å². The second-order valence-corrected chi connectivity index (χ2v) is 9.04. The molecule has 1 atom stereocenters. The number of fused-ring (bicyclic) bond motifs is 1. The van der Waals surface area contributed by atoms with Gasteiger partial charge in [-0.3, -0.25) is 0 Å². The molecule has 10 heteroatoms. The van der Waals surface area contributed by atoms with E-state index in [0.29, 0.717) is 11.5 Å². The molecule has 1 fully saturated rings. The molecule has 33 heavy (non-hydrogen) atoms. The van der Waals surface area contributed by atoms with Crippen LogP contribution in [0.1, 0.15) is 36.7 Å². The van der Waals surface area contributed by atoms with E-state index in [-0.39, 0.29) is 11.1 Å². The maximum atomic E-state index is 14.6. The molecule has 1 N–H and O–H groups in total. The number of aryl methyl sites for hydroxylation is 1. The molecule has 4 rings (SSSR count). The second-order valence-electron chi connectivity index (χ2n) is 9.04. The van der Waals surface area contributed by atoms with Crippen molar-refractivity contribution in [2.45, 2.75) is 38.5 Å². The van der Waals surface area contributed by atoms with Crippen molar-refractivity contribution < 1.29 is 17.6 Å².